The molecule has 7 heteroatoms. The molecule has 2 rings (SSSR count). The number of nitro benzene ring substituents is 1. The smallest absolute Gasteiger partial charge is 0.310 e. The van der Waals surface area contributed by atoms with Gasteiger partial charge < -0.3 is 10.3 Å². The highest BCUT2D eigenvalue weighted by atomic mass is 35.5. The molecule has 0 fully saturated rings. The quantitative estimate of drug-likeness (QED) is 0.669. The summed E-state index contributed by atoms with van der Waals surface area (Å²) in [6.07, 6.45) is 4.08. The summed E-state index contributed by atoms with van der Waals surface area (Å²) in [6, 6.07) is 5.05. The Balaban J connectivity index is 2.07. The third-order valence-electron chi connectivity index (χ3n) is 3.36. The number of nitrogens with one attached hydrogen (secondary N) is 1. The van der Waals surface area contributed by atoms with Crippen LogP contribution in [0.3, 0.4) is 0 Å². The lowest BCUT2D eigenvalue weighted by molar-refractivity contribution is -0.383. The molecule has 0 saturated heterocycles. The summed E-state index contributed by atoms with van der Waals surface area (Å²) in [4.78, 5) is 10.6. The second-order valence-corrected chi connectivity index (χ2v) is 4.92. The molecule has 0 spiro atoms. The van der Waals surface area contributed by atoms with E-state index in [1.807, 2.05) is 13.2 Å². The minimum atomic E-state index is -0.461. The van der Waals surface area contributed by atoms with E-state index in [2.05, 4.69) is 28.3 Å². The van der Waals surface area contributed by atoms with Crippen LogP contribution >= 0.6 is 11.6 Å². The first-order valence-corrected chi connectivity index (χ1v) is 6.77. The Morgan fingerprint density at radius 2 is 2.25 bits per heavy atom. The molecule has 1 aromatic carbocycles. The number of hydrogen-bond acceptors (Lipinski definition) is 5. The summed E-state index contributed by atoms with van der Waals surface area (Å²) in [6.45, 7) is 3.53. The Morgan fingerprint density at radius 3 is 2.85 bits per heavy atom. The van der Waals surface area contributed by atoms with Gasteiger partial charge in [0.25, 0.3) is 0 Å². The molecule has 1 atom stereocenters. The minimum absolute atomic E-state index is 0.0776. The highest BCUT2D eigenvalue weighted by Gasteiger charge is 2.23. The SMILES string of the molecule is CCN1C=CC(CNc2cccc(Cl)c2[N+](=O)[O-])N1C. The first-order valence-electron chi connectivity index (χ1n) is 6.39. The normalized spacial score (nSPS) is 18.6. The number of benzene rings is 1. The number of hydrazine groups is 1. The van der Waals surface area contributed by atoms with E-state index < -0.39 is 4.92 Å². The van der Waals surface area contributed by atoms with Gasteiger partial charge >= 0.3 is 5.69 Å². The lowest BCUT2D eigenvalue weighted by Gasteiger charge is -2.29. The Hall–Kier alpha value is -1.79. The fourth-order valence-electron chi connectivity index (χ4n) is 2.21. The number of likely N-dealkylation sites (N-methyl/N-ethyl adjacent to an activating group) is 1. The van der Waals surface area contributed by atoms with Gasteiger partial charge in [-0.15, -0.1) is 0 Å². The lowest BCUT2D eigenvalue weighted by atomic mass is 10.2. The number of nitro groups is 1. The van der Waals surface area contributed by atoms with E-state index in [1.54, 1.807) is 12.1 Å². The Kier molecular flexibility index (Phi) is 4.46. The first-order chi connectivity index (χ1) is 9.54. The van der Waals surface area contributed by atoms with Crippen molar-refractivity contribution in [1.82, 2.24) is 10.0 Å². The zero-order valence-electron chi connectivity index (χ0n) is 11.4. The monoisotopic (exact) mass is 296 g/mol. The molecule has 0 saturated carbocycles. The molecule has 0 radical (unpaired) electrons. The van der Waals surface area contributed by atoms with E-state index in [-0.39, 0.29) is 16.8 Å². The van der Waals surface area contributed by atoms with Crippen molar-refractivity contribution in [2.24, 2.45) is 0 Å². The number of nitrogens with zero attached hydrogens (tertiary/aromatic N) is 3. The molecule has 108 valence electrons. The van der Waals surface area contributed by atoms with Gasteiger partial charge in [-0.2, -0.15) is 0 Å². The molecule has 1 aliphatic rings. The van der Waals surface area contributed by atoms with Crippen LogP contribution in [0.15, 0.2) is 30.5 Å². The highest BCUT2D eigenvalue weighted by Crippen LogP contribution is 2.32. The van der Waals surface area contributed by atoms with Crippen LogP contribution in [-0.2, 0) is 0 Å². The lowest BCUT2D eigenvalue weighted by Crippen LogP contribution is -2.40. The molecule has 0 bridgehead atoms. The average molecular weight is 297 g/mol. The van der Waals surface area contributed by atoms with Crippen LogP contribution in [0.4, 0.5) is 11.4 Å². The first kappa shape index (κ1) is 14.6. The van der Waals surface area contributed by atoms with Crippen molar-refractivity contribution in [1.29, 1.82) is 0 Å². The van der Waals surface area contributed by atoms with E-state index in [0.717, 1.165) is 6.54 Å². The molecule has 0 aliphatic carbocycles. The minimum Gasteiger partial charge on any atom is -0.377 e. The van der Waals surface area contributed by atoms with Gasteiger partial charge in [0, 0.05) is 26.3 Å². The largest absolute Gasteiger partial charge is 0.377 e. The average Bonchev–Trinajstić information content (AvgIpc) is 2.76. The molecule has 6 nitrogen and oxygen atoms in total. The van der Waals surface area contributed by atoms with Crippen LogP contribution in [0.1, 0.15) is 6.92 Å². The molecule has 1 aromatic rings. The summed E-state index contributed by atoms with van der Waals surface area (Å²) in [5.41, 5.74) is 0.366. The molecule has 20 heavy (non-hydrogen) atoms. The number of hydrogen-bond donors (Lipinski definition) is 1. The van der Waals surface area contributed by atoms with Gasteiger partial charge in [0.15, 0.2) is 0 Å². The highest BCUT2D eigenvalue weighted by molar-refractivity contribution is 6.33. The fraction of sp³-hybridized carbons (Fsp3) is 0.385. The van der Waals surface area contributed by atoms with E-state index in [4.69, 9.17) is 11.6 Å². The van der Waals surface area contributed by atoms with Crippen LogP contribution in [-0.4, -0.2) is 41.1 Å². The van der Waals surface area contributed by atoms with Gasteiger partial charge in [0.2, 0.25) is 0 Å². The molecule has 1 unspecified atom stereocenters. The van der Waals surface area contributed by atoms with Crippen LogP contribution in [0.5, 0.6) is 0 Å². The van der Waals surface area contributed by atoms with Crippen molar-refractivity contribution in [3.63, 3.8) is 0 Å². The second kappa shape index (κ2) is 6.11. The molecule has 1 N–H and O–H groups in total. The van der Waals surface area contributed by atoms with Crippen molar-refractivity contribution < 1.29 is 4.92 Å². The van der Waals surface area contributed by atoms with Gasteiger partial charge in [0.05, 0.1) is 11.0 Å². The third-order valence-corrected chi connectivity index (χ3v) is 3.67. The van der Waals surface area contributed by atoms with Crippen molar-refractivity contribution >= 4 is 23.0 Å². The standard InChI is InChI=1S/C13H17ClN4O2/c1-3-17-8-7-10(16(17)2)9-15-12-6-4-5-11(14)13(12)18(19)20/h4-8,10,15H,3,9H2,1-2H3. The van der Waals surface area contributed by atoms with Crippen molar-refractivity contribution in [2.45, 2.75) is 13.0 Å². The number of rotatable bonds is 5. The van der Waals surface area contributed by atoms with E-state index in [9.17, 15) is 10.1 Å². The second-order valence-electron chi connectivity index (χ2n) is 4.51. The molecule has 0 aromatic heterocycles. The zero-order valence-corrected chi connectivity index (χ0v) is 12.2. The molecule has 0 amide bonds. The Labute approximate surface area is 122 Å². The maximum atomic E-state index is 11.0. The summed E-state index contributed by atoms with van der Waals surface area (Å²) in [7, 11) is 1.99. The maximum absolute atomic E-state index is 11.0. The van der Waals surface area contributed by atoms with Gasteiger partial charge in [-0.05, 0) is 25.1 Å². The summed E-state index contributed by atoms with van der Waals surface area (Å²) in [5, 5.41) is 18.5. The van der Waals surface area contributed by atoms with Gasteiger partial charge in [0.1, 0.15) is 10.7 Å². The van der Waals surface area contributed by atoms with Crippen molar-refractivity contribution in [3.05, 3.63) is 45.6 Å². The summed E-state index contributed by atoms with van der Waals surface area (Å²) in [5.74, 6) is 0. The number of anilines is 1. The van der Waals surface area contributed by atoms with Gasteiger partial charge in [-0.1, -0.05) is 17.7 Å². The Morgan fingerprint density at radius 1 is 1.50 bits per heavy atom. The van der Waals surface area contributed by atoms with E-state index in [0.29, 0.717) is 12.2 Å². The molecule has 1 aliphatic heterocycles. The summed E-state index contributed by atoms with van der Waals surface area (Å²) >= 11 is 5.88. The molecular weight excluding hydrogens is 280 g/mol. The Bertz CT molecular complexity index is 535. The van der Waals surface area contributed by atoms with E-state index >= 15 is 0 Å². The van der Waals surface area contributed by atoms with Crippen molar-refractivity contribution in [3.8, 4) is 0 Å². The van der Waals surface area contributed by atoms with Gasteiger partial charge in [-0.3, -0.25) is 10.1 Å². The molecular formula is C13H17ClN4O2. The molecule has 1 heterocycles. The summed E-state index contributed by atoms with van der Waals surface area (Å²) < 4.78 is 0. The number of para-hydroxylation sites is 1. The zero-order chi connectivity index (χ0) is 14.7. The number of halogens is 1. The maximum Gasteiger partial charge on any atom is 0.310 e. The fourth-order valence-corrected chi connectivity index (χ4v) is 2.45. The van der Waals surface area contributed by atoms with E-state index in [1.165, 1.54) is 6.07 Å². The topological polar surface area (TPSA) is 61.6 Å². The predicted molar refractivity (Wildman–Crippen MR) is 79.7 cm³/mol. The third kappa shape index (κ3) is 2.86. The van der Waals surface area contributed by atoms with Crippen LogP contribution < -0.4 is 5.32 Å². The van der Waals surface area contributed by atoms with Crippen LogP contribution in [0.2, 0.25) is 5.02 Å². The predicted octanol–water partition coefficient (Wildman–Crippen LogP) is 2.72. The van der Waals surface area contributed by atoms with Gasteiger partial charge in [-0.25, -0.2) is 5.01 Å². The van der Waals surface area contributed by atoms with Crippen molar-refractivity contribution in [2.75, 3.05) is 25.5 Å². The van der Waals surface area contributed by atoms with Crippen LogP contribution in [0.25, 0.3) is 0 Å². The van der Waals surface area contributed by atoms with Crippen LogP contribution in [0, 0.1) is 10.1 Å².